The summed E-state index contributed by atoms with van der Waals surface area (Å²) < 4.78 is 1.92. The molecule has 0 atom stereocenters. The third kappa shape index (κ3) is 3.06. The second kappa shape index (κ2) is 5.31. The molecule has 0 radical (unpaired) electrons. The van der Waals surface area contributed by atoms with E-state index in [0.29, 0.717) is 0 Å². The Hall–Kier alpha value is -1.36. The van der Waals surface area contributed by atoms with Crippen LogP contribution in [-0.4, -0.2) is 38.8 Å². The molecule has 0 aliphatic carbocycles. The van der Waals surface area contributed by atoms with Gasteiger partial charge in [-0.05, 0) is 32.9 Å². The summed E-state index contributed by atoms with van der Waals surface area (Å²) in [5, 5.41) is 13.2. The zero-order valence-corrected chi connectivity index (χ0v) is 10.2. The molecule has 1 aliphatic heterocycles. The minimum Gasteiger partial charge on any atom is -0.481 e. The van der Waals surface area contributed by atoms with Gasteiger partial charge in [0.05, 0.1) is 12.1 Å². The van der Waals surface area contributed by atoms with Gasteiger partial charge in [0.25, 0.3) is 0 Å². The Kier molecular flexibility index (Phi) is 3.78. The quantitative estimate of drug-likeness (QED) is 0.855. The summed E-state index contributed by atoms with van der Waals surface area (Å²) in [7, 11) is 0. The van der Waals surface area contributed by atoms with Crippen molar-refractivity contribution in [2.45, 2.75) is 32.9 Å². The molecule has 5 heteroatoms. The maximum absolute atomic E-state index is 10.8. The smallest absolute Gasteiger partial charge is 0.306 e. The lowest BCUT2D eigenvalue weighted by atomic mass is 9.97. The molecule has 0 saturated carbocycles. The molecule has 1 aliphatic rings. The minimum absolute atomic E-state index is 0.149. The van der Waals surface area contributed by atoms with E-state index in [1.54, 1.807) is 0 Å². The summed E-state index contributed by atoms with van der Waals surface area (Å²) in [5.74, 6) is -0.798. The van der Waals surface area contributed by atoms with E-state index in [0.717, 1.165) is 39.0 Å². The van der Waals surface area contributed by atoms with Crippen LogP contribution in [0.4, 0.5) is 0 Å². The number of carboxylic acid groups (broad SMARTS) is 1. The van der Waals surface area contributed by atoms with Crippen LogP contribution in [0.5, 0.6) is 0 Å². The number of carboxylic acids is 1. The van der Waals surface area contributed by atoms with Crippen LogP contribution in [0.1, 0.15) is 25.3 Å². The number of aliphatic carboxylic acids is 1. The molecule has 1 aromatic rings. The van der Waals surface area contributed by atoms with Crippen LogP contribution in [0, 0.1) is 5.92 Å². The van der Waals surface area contributed by atoms with E-state index in [1.165, 1.54) is 5.56 Å². The maximum Gasteiger partial charge on any atom is 0.306 e. The van der Waals surface area contributed by atoms with Crippen molar-refractivity contribution >= 4 is 5.97 Å². The van der Waals surface area contributed by atoms with Gasteiger partial charge in [-0.25, -0.2) is 0 Å². The number of hydrogen-bond donors (Lipinski definition) is 1. The van der Waals surface area contributed by atoms with Gasteiger partial charge in [0.1, 0.15) is 0 Å². The molecule has 1 saturated heterocycles. The van der Waals surface area contributed by atoms with E-state index in [4.69, 9.17) is 5.11 Å². The zero-order valence-electron chi connectivity index (χ0n) is 10.2. The highest BCUT2D eigenvalue weighted by Gasteiger charge is 2.24. The standard InChI is InChI=1S/C12H19N3O2/c1-2-15-9-10(7-13-15)8-14-5-3-11(4-6-14)12(16)17/h7,9,11H,2-6,8H2,1H3,(H,16,17). The number of aryl methyl sites for hydroxylation is 1. The Labute approximate surface area is 101 Å². The lowest BCUT2D eigenvalue weighted by Gasteiger charge is -2.29. The predicted octanol–water partition coefficient (Wildman–Crippen LogP) is 1.20. The van der Waals surface area contributed by atoms with Crippen LogP contribution in [0.3, 0.4) is 0 Å². The molecule has 0 amide bonds. The number of rotatable bonds is 4. The normalized spacial score (nSPS) is 18.4. The van der Waals surface area contributed by atoms with Crippen LogP contribution in [0.25, 0.3) is 0 Å². The fourth-order valence-electron chi connectivity index (χ4n) is 2.26. The first-order chi connectivity index (χ1) is 8.19. The van der Waals surface area contributed by atoms with Crippen molar-refractivity contribution in [3.05, 3.63) is 18.0 Å². The Bertz CT molecular complexity index is 381. The molecular weight excluding hydrogens is 218 g/mol. The molecular formula is C12H19N3O2. The van der Waals surface area contributed by atoms with Crippen molar-refractivity contribution in [1.29, 1.82) is 0 Å². The van der Waals surface area contributed by atoms with Gasteiger partial charge in [0, 0.05) is 24.8 Å². The van der Waals surface area contributed by atoms with Crippen molar-refractivity contribution in [1.82, 2.24) is 14.7 Å². The fraction of sp³-hybridized carbons (Fsp3) is 0.667. The summed E-state index contributed by atoms with van der Waals surface area (Å²) in [6, 6.07) is 0. The molecule has 1 N–H and O–H groups in total. The van der Waals surface area contributed by atoms with Gasteiger partial charge in [0.15, 0.2) is 0 Å². The third-order valence-electron chi connectivity index (χ3n) is 3.35. The van der Waals surface area contributed by atoms with Gasteiger partial charge >= 0.3 is 5.97 Å². The lowest BCUT2D eigenvalue weighted by molar-refractivity contribution is -0.143. The number of piperidine rings is 1. The zero-order chi connectivity index (χ0) is 12.3. The molecule has 0 aromatic carbocycles. The van der Waals surface area contributed by atoms with Crippen LogP contribution in [-0.2, 0) is 17.9 Å². The number of nitrogens with zero attached hydrogens (tertiary/aromatic N) is 3. The molecule has 0 spiro atoms. The Morgan fingerprint density at radius 1 is 1.53 bits per heavy atom. The van der Waals surface area contributed by atoms with Crippen LogP contribution < -0.4 is 0 Å². The monoisotopic (exact) mass is 237 g/mol. The second-order valence-corrected chi connectivity index (χ2v) is 4.59. The predicted molar refractivity (Wildman–Crippen MR) is 63.5 cm³/mol. The molecule has 1 fully saturated rings. The first-order valence-electron chi connectivity index (χ1n) is 6.15. The molecule has 1 aromatic heterocycles. The molecule has 2 heterocycles. The number of aromatic nitrogens is 2. The van der Waals surface area contributed by atoms with Gasteiger partial charge in [0.2, 0.25) is 0 Å². The van der Waals surface area contributed by atoms with Gasteiger partial charge in [-0.2, -0.15) is 5.10 Å². The second-order valence-electron chi connectivity index (χ2n) is 4.59. The van der Waals surface area contributed by atoms with Crippen molar-refractivity contribution in [3.63, 3.8) is 0 Å². The SMILES string of the molecule is CCn1cc(CN2CCC(C(=O)O)CC2)cn1. The van der Waals surface area contributed by atoms with E-state index in [2.05, 4.69) is 23.1 Å². The van der Waals surface area contributed by atoms with Crippen molar-refractivity contribution < 1.29 is 9.90 Å². The van der Waals surface area contributed by atoms with Gasteiger partial charge in [-0.1, -0.05) is 0 Å². The number of carbonyl (C=O) groups is 1. The van der Waals surface area contributed by atoms with E-state index < -0.39 is 5.97 Å². The average molecular weight is 237 g/mol. The third-order valence-corrected chi connectivity index (χ3v) is 3.35. The summed E-state index contributed by atoms with van der Waals surface area (Å²) in [4.78, 5) is 13.1. The molecule has 94 valence electrons. The van der Waals surface area contributed by atoms with Crippen molar-refractivity contribution in [2.75, 3.05) is 13.1 Å². The van der Waals surface area contributed by atoms with E-state index in [-0.39, 0.29) is 5.92 Å². The molecule has 5 nitrogen and oxygen atoms in total. The Morgan fingerprint density at radius 2 is 2.24 bits per heavy atom. The van der Waals surface area contributed by atoms with Crippen LogP contribution in [0.15, 0.2) is 12.4 Å². The average Bonchev–Trinajstić information content (AvgIpc) is 2.77. The van der Waals surface area contributed by atoms with Gasteiger partial charge < -0.3 is 5.11 Å². The molecule has 2 rings (SSSR count). The Morgan fingerprint density at radius 3 is 2.76 bits per heavy atom. The first kappa shape index (κ1) is 12.1. The maximum atomic E-state index is 10.8. The van der Waals surface area contributed by atoms with Gasteiger partial charge in [-0.15, -0.1) is 0 Å². The molecule has 0 bridgehead atoms. The summed E-state index contributed by atoms with van der Waals surface area (Å²) in [5.41, 5.74) is 1.21. The van der Waals surface area contributed by atoms with E-state index in [1.807, 2.05) is 10.9 Å². The minimum atomic E-state index is -0.650. The van der Waals surface area contributed by atoms with Crippen molar-refractivity contribution in [2.24, 2.45) is 5.92 Å². The summed E-state index contributed by atoms with van der Waals surface area (Å²) in [6.45, 7) is 5.57. The van der Waals surface area contributed by atoms with Crippen LogP contribution in [0.2, 0.25) is 0 Å². The summed E-state index contributed by atoms with van der Waals surface area (Å²) in [6.07, 6.45) is 5.48. The highest BCUT2D eigenvalue weighted by Crippen LogP contribution is 2.18. The first-order valence-corrected chi connectivity index (χ1v) is 6.15. The van der Waals surface area contributed by atoms with Gasteiger partial charge in [-0.3, -0.25) is 14.4 Å². The molecule has 17 heavy (non-hydrogen) atoms. The number of hydrogen-bond acceptors (Lipinski definition) is 3. The van der Waals surface area contributed by atoms with E-state index in [9.17, 15) is 4.79 Å². The number of likely N-dealkylation sites (tertiary alicyclic amines) is 1. The van der Waals surface area contributed by atoms with Crippen molar-refractivity contribution in [3.8, 4) is 0 Å². The Balaban J connectivity index is 1.83. The lowest BCUT2D eigenvalue weighted by Crippen LogP contribution is -2.35. The summed E-state index contributed by atoms with van der Waals surface area (Å²) >= 11 is 0. The van der Waals surface area contributed by atoms with Crippen LogP contribution >= 0.6 is 0 Å². The molecule has 0 unspecified atom stereocenters. The van der Waals surface area contributed by atoms with E-state index >= 15 is 0 Å². The highest BCUT2D eigenvalue weighted by molar-refractivity contribution is 5.70. The topological polar surface area (TPSA) is 58.4 Å². The highest BCUT2D eigenvalue weighted by atomic mass is 16.4. The largest absolute Gasteiger partial charge is 0.481 e. The fourth-order valence-corrected chi connectivity index (χ4v) is 2.26.